The lowest BCUT2D eigenvalue weighted by Crippen LogP contribution is -2.04. The third-order valence-corrected chi connectivity index (χ3v) is 2.83. The highest BCUT2D eigenvalue weighted by atomic mass is 19.1. The lowest BCUT2D eigenvalue weighted by Gasteiger charge is -2.05. The zero-order valence-corrected chi connectivity index (χ0v) is 10.2. The third kappa shape index (κ3) is 2.08. The molecule has 0 amide bonds. The van der Waals surface area contributed by atoms with Crippen LogP contribution in [-0.4, -0.2) is 15.1 Å². The van der Waals surface area contributed by atoms with Crippen molar-refractivity contribution < 1.29 is 13.9 Å². The number of aryl methyl sites for hydroxylation is 1. The average molecular weight is 258 g/mol. The van der Waals surface area contributed by atoms with E-state index in [9.17, 15) is 9.50 Å². The number of halogens is 1. The molecule has 0 spiro atoms. The topological polar surface area (TPSA) is 59.2 Å². The normalized spacial score (nSPS) is 12.8. The van der Waals surface area contributed by atoms with Crippen molar-refractivity contribution >= 4 is 11.0 Å². The van der Waals surface area contributed by atoms with Crippen LogP contribution in [0.3, 0.4) is 0 Å². The Balaban J connectivity index is 2.04. The first-order valence-corrected chi connectivity index (χ1v) is 5.80. The zero-order valence-electron chi connectivity index (χ0n) is 10.2. The van der Waals surface area contributed by atoms with Gasteiger partial charge in [0.1, 0.15) is 5.76 Å². The predicted octanol–water partition coefficient (Wildman–Crippen LogP) is 2.75. The molecule has 0 aliphatic carbocycles. The maximum absolute atomic E-state index is 13.5. The van der Waals surface area contributed by atoms with Crippen molar-refractivity contribution in [2.45, 2.75) is 13.0 Å². The van der Waals surface area contributed by atoms with Crippen molar-refractivity contribution in [3.63, 3.8) is 0 Å². The van der Waals surface area contributed by atoms with E-state index in [1.807, 2.05) is 6.92 Å². The number of hydrogen-bond donors (Lipinski definition) is 1. The number of aromatic nitrogens is 2. The summed E-state index contributed by atoms with van der Waals surface area (Å²) in [6, 6.07) is 6.20. The van der Waals surface area contributed by atoms with Gasteiger partial charge in [-0.2, -0.15) is 0 Å². The number of hydrogen-bond acceptors (Lipinski definition) is 4. The smallest absolute Gasteiger partial charge is 0.171 e. The summed E-state index contributed by atoms with van der Waals surface area (Å²) >= 11 is 0. The van der Waals surface area contributed by atoms with E-state index in [0.717, 1.165) is 5.56 Å². The van der Waals surface area contributed by atoms with Gasteiger partial charge in [-0.3, -0.25) is 0 Å². The van der Waals surface area contributed by atoms with Crippen LogP contribution in [0, 0.1) is 12.7 Å². The van der Waals surface area contributed by atoms with Gasteiger partial charge in [0.25, 0.3) is 0 Å². The molecule has 0 saturated carbocycles. The number of aliphatic hydroxyl groups excluding tert-OH is 1. The molecular weight excluding hydrogens is 247 g/mol. The minimum Gasteiger partial charge on any atom is -0.455 e. The first-order chi connectivity index (χ1) is 9.15. The van der Waals surface area contributed by atoms with Crippen LogP contribution in [0.5, 0.6) is 0 Å². The molecule has 4 nitrogen and oxygen atoms in total. The van der Waals surface area contributed by atoms with Crippen LogP contribution >= 0.6 is 0 Å². The number of furan rings is 1. The second kappa shape index (κ2) is 4.44. The Labute approximate surface area is 108 Å². The molecule has 0 fully saturated rings. The Kier molecular flexibility index (Phi) is 2.76. The summed E-state index contributed by atoms with van der Waals surface area (Å²) < 4.78 is 18.9. The lowest BCUT2D eigenvalue weighted by molar-refractivity contribution is 0.182. The molecule has 2 heterocycles. The van der Waals surface area contributed by atoms with Crippen LogP contribution in [-0.2, 0) is 0 Å². The molecule has 0 saturated heterocycles. The molecular formula is C14H11FN2O2. The number of para-hydroxylation sites is 1. The van der Waals surface area contributed by atoms with Crippen LogP contribution in [0.4, 0.5) is 4.39 Å². The summed E-state index contributed by atoms with van der Waals surface area (Å²) in [5.41, 5.74) is 1.02. The van der Waals surface area contributed by atoms with E-state index in [0.29, 0.717) is 5.39 Å². The molecule has 2 aromatic heterocycles. The summed E-state index contributed by atoms with van der Waals surface area (Å²) in [7, 11) is 0. The van der Waals surface area contributed by atoms with Gasteiger partial charge in [0.2, 0.25) is 0 Å². The number of rotatable bonds is 2. The molecule has 19 heavy (non-hydrogen) atoms. The summed E-state index contributed by atoms with van der Waals surface area (Å²) in [5.74, 6) is -0.00482. The summed E-state index contributed by atoms with van der Waals surface area (Å²) in [6.45, 7) is 1.85. The Morgan fingerprint density at radius 3 is 2.68 bits per heavy atom. The summed E-state index contributed by atoms with van der Waals surface area (Å²) in [5, 5.41) is 10.7. The molecule has 1 N–H and O–H groups in total. The van der Waals surface area contributed by atoms with E-state index >= 15 is 0 Å². The molecule has 3 aromatic rings. The van der Waals surface area contributed by atoms with Gasteiger partial charge < -0.3 is 9.52 Å². The molecule has 5 heteroatoms. The highest BCUT2D eigenvalue weighted by molar-refractivity contribution is 5.78. The van der Waals surface area contributed by atoms with Gasteiger partial charge in [0.05, 0.1) is 0 Å². The second-order valence-corrected chi connectivity index (χ2v) is 4.33. The van der Waals surface area contributed by atoms with Crippen molar-refractivity contribution in [2.75, 3.05) is 0 Å². The standard InChI is InChI=1S/C14H11FN2O2/c1-8-6-16-14(17-7-8)12(18)11-5-9-3-2-4-10(15)13(9)19-11/h2-7,12,18H,1H3. The predicted molar refractivity (Wildman–Crippen MR) is 67.0 cm³/mol. The van der Waals surface area contributed by atoms with E-state index in [1.165, 1.54) is 6.07 Å². The fourth-order valence-corrected chi connectivity index (χ4v) is 1.85. The number of nitrogens with zero attached hydrogens (tertiary/aromatic N) is 2. The third-order valence-electron chi connectivity index (χ3n) is 2.83. The molecule has 0 aliphatic rings. The van der Waals surface area contributed by atoms with Crippen LogP contribution in [0.15, 0.2) is 41.1 Å². The van der Waals surface area contributed by atoms with Crippen LogP contribution in [0.1, 0.15) is 23.3 Å². The highest BCUT2D eigenvalue weighted by Gasteiger charge is 2.19. The lowest BCUT2D eigenvalue weighted by atomic mass is 10.2. The average Bonchev–Trinajstić information content (AvgIpc) is 2.84. The van der Waals surface area contributed by atoms with Gasteiger partial charge in [-0.1, -0.05) is 12.1 Å². The molecule has 1 atom stereocenters. The van der Waals surface area contributed by atoms with E-state index in [1.54, 1.807) is 30.6 Å². The molecule has 0 bridgehead atoms. The first-order valence-electron chi connectivity index (χ1n) is 5.80. The van der Waals surface area contributed by atoms with E-state index in [4.69, 9.17) is 4.42 Å². The summed E-state index contributed by atoms with van der Waals surface area (Å²) in [4.78, 5) is 8.06. The minimum absolute atomic E-state index is 0.128. The van der Waals surface area contributed by atoms with Gasteiger partial charge in [-0.05, 0) is 24.6 Å². The van der Waals surface area contributed by atoms with Gasteiger partial charge in [-0.15, -0.1) is 0 Å². The largest absolute Gasteiger partial charge is 0.455 e. The Morgan fingerprint density at radius 2 is 2.00 bits per heavy atom. The number of benzene rings is 1. The second-order valence-electron chi connectivity index (χ2n) is 4.33. The van der Waals surface area contributed by atoms with E-state index < -0.39 is 11.9 Å². The van der Waals surface area contributed by atoms with Gasteiger partial charge in [0, 0.05) is 17.8 Å². The number of aliphatic hydroxyl groups is 1. The molecule has 3 rings (SSSR count). The van der Waals surface area contributed by atoms with Crippen LogP contribution in [0.2, 0.25) is 0 Å². The molecule has 0 aliphatic heterocycles. The summed E-state index contributed by atoms with van der Waals surface area (Å²) in [6.07, 6.45) is 2.11. The van der Waals surface area contributed by atoms with Crippen molar-refractivity contribution in [1.29, 1.82) is 0 Å². The van der Waals surface area contributed by atoms with E-state index in [-0.39, 0.29) is 17.2 Å². The maximum atomic E-state index is 13.5. The molecule has 1 unspecified atom stereocenters. The maximum Gasteiger partial charge on any atom is 0.171 e. The van der Waals surface area contributed by atoms with Gasteiger partial charge in [-0.25, -0.2) is 14.4 Å². The monoisotopic (exact) mass is 258 g/mol. The Morgan fingerprint density at radius 1 is 1.26 bits per heavy atom. The van der Waals surface area contributed by atoms with Crippen molar-refractivity contribution in [3.05, 3.63) is 59.6 Å². The molecule has 0 radical (unpaired) electrons. The highest BCUT2D eigenvalue weighted by Crippen LogP contribution is 2.28. The molecule has 1 aromatic carbocycles. The van der Waals surface area contributed by atoms with E-state index in [2.05, 4.69) is 9.97 Å². The molecule has 96 valence electrons. The first kappa shape index (κ1) is 11.8. The van der Waals surface area contributed by atoms with Crippen molar-refractivity contribution in [1.82, 2.24) is 9.97 Å². The number of fused-ring (bicyclic) bond motifs is 1. The van der Waals surface area contributed by atoms with Crippen molar-refractivity contribution in [2.24, 2.45) is 0 Å². The fraction of sp³-hybridized carbons (Fsp3) is 0.143. The van der Waals surface area contributed by atoms with Crippen LogP contribution in [0.25, 0.3) is 11.0 Å². The zero-order chi connectivity index (χ0) is 13.4. The quantitative estimate of drug-likeness (QED) is 0.767. The Hall–Kier alpha value is -2.27. The van der Waals surface area contributed by atoms with Crippen molar-refractivity contribution in [3.8, 4) is 0 Å². The minimum atomic E-state index is -1.10. The van der Waals surface area contributed by atoms with Gasteiger partial charge >= 0.3 is 0 Å². The van der Waals surface area contributed by atoms with Crippen LogP contribution < -0.4 is 0 Å². The Bertz CT molecular complexity index is 722. The SMILES string of the molecule is Cc1cnc(C(O)c2cc3cccc(F)c3o2)nc1. The van der Waals surface area contributed by atoms with Gasteiger partial charge in [0.15, 0.2) is 23.3 Å². The fourth-order valence-electron chi connectivity index (χ4n) is 1.85.